The number of carbonyl (C=O) groups excluding carboxylic acids is 2. The summed E-state index contributed by atoms with van der Waals surface area (Å²) in [6, 6.07) is 17.1. The quantitative estimate of drug-likeness (QED) is 0.473. The molecule has 2 aromatic carbocycles. The van der Waals surface area contributed by atoms with Crippen molar-refractivity contribution in [2.24, 2.45) is 0 Å². The smallest absolute Gasteiger partial charge is 0.336 e. The lowest BCUT2D eigenvalue weighted by Gasteiger charge is -2.27. The maximum Gasteiger partial charge on any atom is 0.336 e. The van der Waals surface area contributed by atoms with Gasteiger partial charge in [0.1, 0.15) is 11.5 Å². The molecule has 1 aliphatic carbocycles. The normalized spacial score (nSPS) is 17.2. The Labute approximate surface area is 193 Å². The number of hydrogen-bond donors (Lipinski definition) is 1. The molecule has 0 fully saturated rings. The number of ether oxygens (including phenoxy) is 1. The summed E-state index contributed by atoms with van der Waals surface area (Å²) in [5.74, 6) is -0.113. The molecule has 1 atom stereocenters. The Morgan fingerprint density at radius 1 is 1.03 bits per heavy atom. The van der Waals surface area contributed by atoms with Crippen LogP contribution in [0.1, 0.15) is 40.1 Å². The molecule has 0 amide bonds. The van der Waals surface area contributed by atoms with Gasteiger partial charge in [-0.15, -0.1) is 0 Å². The second kappa shape index (κ2) is 7.64. The van der Waals surface area contributed by atoms with Crippen LogP contribution in [0.15, 0.2) is 80.3 Å². The van der Waals surface area contributed by atoms with Gasteiger partial charge in [0.25, 0.3) is 0 Å². The number of halogens is 1. The fourth-order valence-electron chi connectivity index (χ4n) is 4.47. The predicted octanol–water partition coefficient (Wildman–Crippen LogP) is 5.76. The molecule has 160 valence electrons. The van der Waals surface area contributed by atoms with Crippen LogP contribution in [0.3, 0.4) is 0 Å². The van der Waals surface area contributed by atoms with E-state index in [-0.39, 0.29) is 5.78 Å². The molecule has 0 bridgehead atoms. The minimum Gasteiger partial charge on any atom is -0.466 e. The van der Waals surface area contributed by atoms with Gasteiger partial charge in [0.15, 0.2) is 5.78 Å². The van der Waals surface area contributed by atoms with Gasteiger partial charge < -0.3 is 14.5 Å². The Morgan fingerprint density at radius 3 is 2.50 bits per heavy atom. The summed E-state index contributed by atoms with van der Waals surface area (Å²) in [6.07, 6.45) is 0. The number of benzene rings is 2. The highest BCUT2D eigenvalue weighted by atomic mass is 79.9. The van der Waals surface area contributed by atoms with Gasteiger partial charge >= 0.3 is 5.97 Å². The molecule has 1 aromatic heterocycles. The van der Waals surface area contributed by atoms with E-state index in [9.17, 15) is 9.59 Å². The first-order valence-electron chi connectivity index (χ1n) is 10.2. The number of aryl methyl sites for hydroxylation is 1. The van der Waals surface area contributed by atoms with Crippen LogP contribution in [0.4, 0.5) is 0 Å². The van der Waals surface area contributed by atoms with Crippen molar-refractivity contribution in [3.8, 4) is 11.3 Å². The summed E-state index contributed by atoms with van der Waals surface area (Å²) in [6.45, 7) is 3.83. The first-order valence-corrected chi connectivity index (χ1v) is 11.0. The number of furan rings is 1. The van der Waals surface area contributed by atoms with Gasteiger partial charge in [0.2, 0.25) is 0 Å². The minimum atomic E-state index is -0.670. The lowest BCUT2D eigenvalue weighted by molar-refractivity contribution is -0.136. The highest BCUT2D eigenvalue weighted by Crippen LogP contribution is 2.47. The van der Waals surface area contributed by atoms with Crippen LogP contribution in [0, 0.1) is 6.92 Å². The monoisotopic (exact) mass is 489 g/mol. The van der Waals surface area contributed by atoms with Crippen molar-refractivity contribution in [1.29, 1.82) is 0 Å². The fraction of sp³-hybridized carbons (Fsp3) is 0.154. The molecule has 0 radical (unpaired) electrons. The Morgan fingerprint density at radius 2 is 1.78 bits per heavy atom. The van der Waals surface area contributed by atoms with Crippen LogP contribution in [0.25, 0.3) is 17.0 Å². The molecule has 2 heterocycles. The standard InChI is InChI=1S/C26H20BrNO4/c1-13-8-9-17(18(27)12-13)19-10-11-20(32-19)22-21(26(30)31-3)14(2)28-24-15-6-4-5-7-16(15)25(29)23(22)24/h4-12,22,28H,1-3H3/t22-/m0/s1. The Balaban J connectivity index is 1.68. The number of hydrogen-bond acceptors (Lipinski definition) is 5. The summed E-state index contributed by atoms with van der Waals surface area (Å²) >= 11 is 3.60. The minimum absolute atomic E-state index is 0.114. The molecule has 1 aliphatic heterocycles. The average molecular weight is 490 g/mol. The Kier molecular flexibility index (Phi) is 4.90. The van der Waals surface area contributed by atoms with Gasteiger partial charge in [-0.1, -0.05) is 46.3 Å². The lowest BCUT2D eigenvalue weighted by Crippen LogP contribution is -2.28. The second-order valence-corrected chi connectivity index (χ2v) is 8.79. The van der Waals surface area contributed by atoms with Gasteiger partial charge in [-0.05, 0) is 43.7 Å². The number of fused-ring (bicyclic) bond motifs is 2. The third kappa shape index (κ3) is 3.06. The third-order valence-corrected chi connectivity index (χ3v) is 6.61. The molecular formula is C26H20BrNO4. The number of ketones is 1. The maximum atomic E-state index is 13.4. The molecular weight excluding hydrogens is 470 g/mol. The van der Waals surface area contributed by atoms with E-state index in [4.69, 9.17) is 9.15 Å². The average Bonchev–Trinajstić information content (AvgIpc) is 3.36. The summed E-state index contributed by atoms with van der Waals surface area (Å²) in [7, 11) is 1.34. The van der Waals surface area contributed by atoms with Gasteiger partial charge in [-0.2, -0.15) is 0 Å². The number of methoxy groups -OCH3 is 1. The van der Waals surface area contributed by atoms with Crippen molar-refractivity contribution in [3.63, 3.8) is 0 Å². The van der Waals surface area contributed by atoms with Crippen molar-refractivity contribution in [2.45, 2.75) is 19.8 Å². The first-order chi connectivity index (χ1) is 15.4. The topological polar surface area (TPSA) is 68.5 Å². The number of esters is 1. The molecule has 0 unspecified atom stereocenters. The number of carbonyl (C=O) groups is 2. The SMILES string of the molecule is COC(=O)C1=C(C)NC2=C(C(=O)c3ccccc32)[C@H]1c1ccc(-c2ccc(C)cc2Br)o1. The molecule has 0 saturated heterocycles. The second-order valence-electron chi connectivity index (χ2n) is 7.94. The summed E-state index contributed by atoms with van der Waals surface area (Å²) in [5.41, 5.74) is 5.69. The molecule has 2 aliphatic rings. The first kappa shape index (κ1) is 20.5. The van der Waals surface area contributed by atoms with Crippen molar-refractivity contribution in [1.82, 2.24) is 5.32 Å². The van der Waals surface area contributed by atoms with Gasteiger partial charge in [-0.25, -0.2) is 4.79 Å². The van der Waals surface area contributed by atoms with E-state index >= 15 is 0 Å². The van der Waals surface area contributed by atoms with Gasteiger partial charge in [0, 0.05) is 32.4 Å². The number of dihydropyridines is 1. The van der Waals surface area contributed by atoms with E-state index < -0.39 is 11.9 Å². The molecule has 3 aromatic rings. The third-order valence-electron chi connectivity index (χ3n) is 5.96. The summed E-state index contributed by atoms with van der Waals surface area (Å²) in [4.78, 5) is 26.2. The van der Waals surface area contributed by atoms with Crippen LogP contribution in [-0.4, -0.2) is 18.9 Å². The highest BCUT2D eigenvalue weighted by molar-refractivity contribution is 9.10. The summed E-state index contributed by atoms with van der Waals surface area (Å²) < 4.78 is 12.3. The molecule has 0 spiro atoms. The fourth-order valence-corrected chi connectivity index (χ4v) is 5.16. The largest absolute Gasteiger partial charge is 0.466 e. The van der Waals surface area contributed by atoms with Gasteiger partial charge in [-0.3, -0.25) is 4.79 Å². The molecule has 5 rings (SSSR count). The zero-order chi connectivity index (χ0) is 22.6. The molecule has 0 saturated carbocycles. The van der Waals surface area contributed by atoms with Crippen LogP contribution in [0.5, 0.6) is 0 Å². The van der Waals surface area contributed by atoms with E-state index in [2.05, 4.69) is 21.2 Å². The van der Waals surface area contributed by atoms with Crippen molar-refractivity contribution in [3.05, 3.63) is 98.4 Å². The maximum absolute atomic E-state index is 13.4. The van der Waals surface area contributed by atoms with Crippen LogP contribution in [0.2, 0.25) is 0 Å². The molecule has 1 N–H and O–H groups in total. The highest BCUT2D eigenvalue weighted by Gasteiger charge is 2.44. The number of allylic oxidation sites excluding steroid dienone is 2. The van der Waals surface area contributed by atoms with Crippen molar-refractivity contribution >= 4 is 33.4 Å². The van der Waals surface area contributed by atoms with Crippen molar-refractivity contribution in [2.75, 3.05) is 7.11 Å². The van der Waals surface area contributed by atoms with E-state index in [1.807, 2.05) is 62.4 Å². The Bertz CT molecular complexity index is 1360. The zero-order valence-electron chi connectivity index (χ0n) is 17.8. The summed E-state index contributed by atoms with van der Waals surface area (Å²) in [5, 5.41) is 3.27. The predicted molar refractivity (Wildman–Crippen MR) is 125 cm³/mol. The number of rotatable bonds is 3. The van der Waals surface area contributed by atoms with Crippen LogP contribution >= 0.6 is 15.9 Å². The Hall–Kier alpha value is -3.38. The van der Waals surface area contributed by atoms with Crippen molar-refractivity contribution < 1.29 is 18.7 Å². The van der Waals surface area contributed by atoms with E-state index in [0.717, 1.165) is 26.9 Å². The lowest BCUT2D eigenvalue weighted by atomic mass is 9.83. The van der Waals surface area contributed by atoms with Gasteiger partial charge in [0.05, 0.1) is 24.3 Å². The molecule has 6 heteroatoms. The van der Waals surface area contributed by atoms with E-state index in [1.54, 1.807) is 6.07 Å². The van der Waals surface area contributed by atoms with Crippen LogP contribution in [-0.2, 0) is 9.53 Å². The number of Topliss-reactive ketones (excluding diaryl/α,β-unsaturated/α-hetero) is 1. The van der Waals surface area contributed by atoms with Crippen LogP contribution < -0.4 is 5.32 Å². The van der Waals surface area contributed by atoms with E-state index in [1.165, 1.54) is 7.11 Å². The zero-order valence-corrected chi connectivity index (χ0v) is 19.4. The number of nitrogens with one attached hydrogen (secondary N) is 1. The molecule has 5 nitrogen and oxygen atoms in total. The van der Waals surface area contributed by atoms with E-state index in [0.29, 0.717) is 33.9 Å². The molecule has 32 heavy (non-hydrogen) atoms.